The van der Waals surface area contributed by atoms with E-state index in [-0.39, 0.29) is 23.8 Å². The SMILES string of the molecule is COc1cc(C2C(c3ccccc3)C3(CCC/C(=C\c4ccccc4)C3=O)C3CCCN23)ccc1O. The lowest BCUT2D eigenvalue weighted by Crippen LogP contribution is -2.47. The number of benzene rings is 3. The van der Waals surface area contributed by atoms with Crippen LogP contribution in [0.15, 0.2) is 84.4 Å². The van der Waals surface area contributed by atoms with Gasteiger partial charge in [-0.2, -0.15) is 0 Å². The van der Waals surface area contributed by atoms with Gasteiger partial charge in [0.05, 0.1) is 12.5 Å². The first-order valence-electron chi connectivity index (χ1n) is 13.1. The summed E-state index contributed by atoms with van der Waals surface area (Å²) in [5.74, 6) is 0.988. The summed E-state index contributed by atoms with van der Waals surface area (Å²) in [5, 5.41) is 10.3. The summed E-state index contributed by atoms with van der Waals surface area (Å²) in [5.41, 5.74) is 3.92. The average molecular weight is 480 g/mol. The molecule has 0 bridgehead atoms. The van der Waals surface area contributed by atoms with Gasteiger partial charge < -0.3 is 9.84 Å². The average Bonchev–Trinajstić information content (AvgIpc) is 3.49. The van der Waals surface area contributed by atoms with Crippen molar-refractivity contribution in [1.29, 1.82) is 0 Å². The predicted molar refractivity (Wildman–Crippen MR) is 142 cm³/mol. The van der Waals surface area contributed by atoms with Crippen LogP contribution in [0, 0.1) is 5.41 Å². The predicted octanol–water partition coefficient (Wildman–Crippen LogP) is 6.53. The maximum Gasteiger partial charge on any atom is 0.167 e. The smallest absolute Gasteiger partial charge is 0.167 e. The zero-order chi connectivity index (χ0) is 24.7. The number of hydrogen-bond acceptors (Lipinski definition) is 4. The molecule has 0 amide bonds. The first kappa shape index (κ1) is 23.1. The second kappa shape index (κ2) is 9.25. The molecular formula is C32H33NO3. The van der Waals surface area contributed by atoms with Gasteiger partial charge in [0.25, 0.3) is 0 Å². The molecule has 2 saturated heterocycles. The van der Waals surface area contributed by atoms with Crippen LogP contribution in [-0.4, -0.2) is 35.5 Å². The summed E-state index contributed by atoms with van der Waals surface area (Å²) >= 11 is 0. The number of ether oxygens (including phenoxy) is 1. The molecule has 2 heterocycles. The number of ketones is 1. The van der Waals surface area contributed by atoms with E-state index in [1.165, 1.54) is 5.56 Å². The van der Waals surface area contributed by atoms with E-state index in [1.54, 1.807) is 13.2 Å². The summed E-state index contributed by atoms with van der Waals surface area (Å²) < 4.78 is 5.49. The summed E-state index contributed by atoms with van der Waals surface area (Å²) in [4.78, 5) is 17.3. The van der Waals surface area contributed by atoms with Crippen LogP contribution < -0.4 is 4.74 Å². The molecule has 4 atom stereocenters. The lowest BCUT2D eigenvalue weighted by atomic mass is 9.58. The van der Waals surface area contributed by atoms with E-state index < -0.39 is 5.41 Å². The number of carbonyl (C=O) groups excluding carboxylic acids is 1. The van der Waals surface area contributed by atoms with E-state index in [2.05, 4.69) is 47.4 Å². The molecule has 0 radical (unpaired) electrons. The first-order valence-corrected chi connectivity index (χ1v) is 13.1. The Balaban J connectivity index is 1.53. The van der Waals surface area contributed by atoms with Crippen molar-refractivity contribution >= 4 is 11.9 Å². The van der Waals surface area contributed by atoms with E-state index in [1.807, 2.05) is 36.4 Å². The Morgan fingerprint density at radius 2 is 1.72 bits per heavy atom. The molecule has 0 aromatic heterocycles. The first-order chi connectivity index (χ1) is 17.6. The number of nitrogens with zero attached hydrogens (tertiary/aromatic N) is 1. The Bertz CT molecular complexity index is 1290. The topological polar surface area (TPSA) is 49.8 Å². The molecular weight excluding hydrogens is 446 g/mol. The Morgan fingerprint density at radius 3 is 2.47 bits per heavy atom. The van der Waals surface area contributed by atoms with E-state index >= 15 is 0 Å². The summed E-state index contributed by atoms with van der Waals surface area (Å²) in [7, 11) is 1.59. The molecule has 1 N–H and O–H groups in total. The van der Waals surface area contributed by atoms with Crippen LogP contribution in [0.1, 0.15) is 60.8 Å². The molecule has 3 aromatic carbocycles. The minimum Gasteiger partial charge on any atom is -0.504 e. The van der Waals surface area contributed by atoms with Crippen molar-refractivity contribution in [3.05, 3.63) is 101 Å². The van der Waals surface area contributed by atoms with Crippen molar-refractivity contribution in [2.45, 2.75) is 50.1 Å². The van der Waals surface area contributed by atoms with Crippen LogP contribution in [0.5, 0.6) is 11.5 Å². The minimum atomic E-state index is -0.466. The van der Waals surface area contributed by atoms with Gasteiger partial charge >= 0.3 is 0 Å². The Labute approximate surface area is 213 Å². The minimum absolute atomic E-state index is 0.0326. The number of fused-ring (bicyclic) bond motifs is 2. The van der Waals surface area contributed by atoms with Gasteiger partial charge in [-0.25, -0.2) is 0 Å². The van der Waals surface area contributed by atoms with E-state index in [0.717, 1.165) is 55.3 Å². The standard InChI is InChI=1S/C32H33NO3/c1-36-27-21-24(16-17-26(27)34)30-29(23-12-6-3-7-13-23)32(28-15-9-19-33(28)30)18-8-14-25(31(32)35)20-22-10-4-2-5-11-22/h2-7,10-13,16-17,20-21,28-30,34H,8-9,14-15,18-19H2,1H3/b25-20+. The molecule has 36 heavy (non-hydrogen) atoms. The van der Waals surface area contributed by atoms with Gasteiger partial charge in [0.1, 0.15) is 0 Å². The van der Waals surface area contributed by atoms with Crippen LogP contribution in [-0.2, 0) is 4.79 Å². The molecule has 3 aromatic rings. The number of phenols is 1. The molecule has 1 spiro atoms. The fourth-order valence-corrected chi connectivity index (χ4v) is 7.36. The third-order valence-corrected chi connectivity index (χ3v) is 8.71. The quantitative estimate of drug-likeness (QED) is 0.433. The lowest BCUT2D eigenvalue weighted by Gasteiger charge is -2.42. The third kappa shape index (κ3) is 3.58. The van der Waals surface area contributed by atoms with Gasteiger partial charge in [-0.1, -0.05) is 66.7 Å². The summed E-state index contributed by atoms with van der Waals surface area (Å²) in [6, 6.07) is 26.8. The summed E-state index contributed by atoms with van der Waals surface area (Å²) in [6.07, 6.45) is 7.03. The second-order valence-corrected chi connectivity index (χ2v) is 10.5. The number of rotatable bonds is 4. The third-order valence-electron chi connectivity index (χ3n) is 8.71. The van der Waals surface area contributed by atoms with E-state index in [9.17, 15) is 9.90 Å². The van der Waals surface area contributed by atoms with E-state index in [4.69, 9.17) is 4.74 Å². The molecule has 1 aliphatic carbocycles. The normalized spacial score (nSPS) is 29.1. The van der Waals surface area contributed by atoms with Gasteiger partial charge in [0.15, 0.2) is 17.3 Å². The second-order valence-electron chi connectivity index (χ2n) is 10.5. The number of methoxy groups -OCH3 is 1. The van der Waals surface area contributed by atoms with Crippen molar-refractivity contribution in [2.75, 3.05) is 13.7 Å². The zero-order valence-corrected chi connectivity index (χ0v) is 20.8. The van der Waals surface area contributed by atoms with Crippen molar-refractivity contribution in [3.8, 4) is 11.5 Å². The van der Waals surface area contributed by atoms with E-state index in [0.29, 0.717) is 11.5 Å². The Hall–Kier alpha value is -3.37. The Morgan fingerprint density at radius 1 is 0.972 bits per heavy atom. The van der Waals surface area contributed by atoms with Crippen LogP contribution in [0.25, 0.3) is 6.08 Å². The van der Waals surface area contributed by atoms with Gasteiger partial charge in [0.2, 0.25) is 0 Å². The molecule has 184 valence electrons. The monoisotopic (exact) mass is 479 g/mol. The maximum absolute atomic E-state index is 14.7. The highest BCUT2D eigenvalue weighted by molar-refractivity contribution is 6.05. The maximum atomic E-state index is 14.7. The number of aromatic hydroxyl groups is 1. The van der Waals surface area contributed by atoms with Crippen LogP contribution in [0.3, 0.4) is 0 Å². The van der Waals surface area contributed by atoms with Crippen LogP contribution in [0.4, 0.5) is 0 Å². The molecule has 3 aliphatic rings. The molecule has 4 unspecified atom stereocenters. The Kier molecular flexibility index (Phi) is 5.93. The van der Waals surface area contributed by atoms with Gasteiger partial charge in [-0.05, 0) is 79.1 Å². The highest BCUT2D eigenvalue weighted by atomic mass is 16.5. The van der Waals surface area contributed by atoms with Gasteiger partial charge in [-0.3, -0.25) is 9.69 Å². The molecule has 6 rings (SSSR count). The number of phenolic OH excluding ortho intramolecular Hbond substituents is 1. The van der Waals surface area contributed by atoms with Crippen molar-refractivity contribution in [2.24, 2.45) is 5.41 Å². The van der Waals surface area contributed by atoms with Crippen molar-refractivity contribution < 1.29 is 14.6 Å². The van der Waals surface area contributed by atoms with Gasteiger partial charge in [-0.15, -0.1) is 0 Å². The molecule has 1 saturated carbocycles. The largest absolute Gasteiger partial charge is 0.504 e. The number of carbonyl (C=O) groups is 1. The number of allylic oxidation sites excluding steroid dienone is 1. The highest BCUT2D eigenvalue weighted by Gasteiger charge is 2.65. The number of hydrogen-bond donors (Lipinski definition) is 1. The fraction of sp³-hybridized carbons (Fsp3) is 0.344. The van der Waals surface area contributed by atoms with Crippen molar-refractivity contribution in [3.63, 3.8) is 0 Å². The molecule has 4 heteroatoms. The summed E-state index contributed by atoms with van der Waals surface area (Å²) in [6.45, 7) is 0.981. The molecule has 3 fully saturated rings. The molecule has 4 nitrogen and oxygen atoms in total. The molecule has 2 aliphatic heterocycles. The fourth-order valence-electron chi connectivity index (χ4n) is 7.36. The van der Waals surface area contributed by atoms with Crippen molar-refractivity contribution in [1.82, 2.24) is 4.90 Å². The lowest BCUT2D eigenvalue weighted by molar-refractivity contribution is -0.128. The highest BCUT2D eigenvalue weighted by Crippen LogP contribution is 2.65. The van der Waals surface area contributed by atoms with Crippen LogP contribution in [0.2, 0.25) is 0 Å². The van der Waals surface area contributed by atoms with Gasteiger partial charge in [0, 0.05) is 18.0 Å². The van der Waals surface area contributed by atoms with Crippen LogP contribution >= 0.6 is 0 Å². The zero-order valence-electron chi connectivity index (χ0n) is 20.8. The number of Topliss-reactive ketones (excluding diaryl/α,β-unsaturated/α-hetero) is 1.